The molecule has 7 nitrogen and oxygen atoms in total. The molecule has 1 atom stereocenters. The molecule has 1 aromatic carbocycles. The zero-order valence-corrected chi connectivity index (χ0v) is 14.8. The third-order valence-electron chi connectivity index (χ3n) is 3.54. The molecule has 1 unspecified atom stereocenters. The second-order valence-electron chi connectivity index (χ2n) is 5.37. The van der Waals surface area contributed by atoms with E-state index < -0.39 is 22.0 Å². The number of nitrogens with zero attached hydrogens (tertiary/aromatic N) is 1. The largest absolute Gasteiger partial charge is 0.355 e. The highest BCUT2D eigenvalue weighted by atomic mass is 32.2. The molecule has 3 aromatic rings. The molecule has 0 saturated carbocycles. The van der Waals surface area contributed by atoms with Crippen LogP contribution in [0, 0.1) is 0 Å². The zero-order chi connectivity index (χ0) is 18.0. The number of thiophene rings is 1. The smallest absolute Gasteiger partial charge is 0.273 e. The highest BCUT2D eigenvalue weighted by Crippen LogP contribution is 2.25. The maximum atomic E-state index is 12.3. The van der Waals surface area contributed by atoms with E-state index in [1.165, 1.54) is 23.5 Å². The second kappa shape index (κ2) is 6.79. The fourth-order valence-corrected chi connectivity index (χ4v) is 3.47. The average Bonchev–Trinajstić information content (AvgIpc) is 3.25. The van der Waals surface area contributed by atoms with Gasteiger partial charge < -0.3 is 9.84 Å². The van der Waals surface area contributed by atoms with Gasteiger partial charge in [-0.1, -0.05) is 23.4 Å². The Balaban J connectivity index is 1.75. The van der Waals surface area contributed by atoms with Crippen LogP contribution in [0.15, 0.2) is 57.3 Å². The first-order chi connectivity index (χ1) is 11.8. The molecular formula is C16H15N3O4S2. The van der Waals surface area contributed by atoms with Gasteiger partial charge in [-0.25, -0.2) is 13.6 Å². The predicted molar refractivity (Wildman–Crippen MR) is 93.5 cm³/mol. The third kappa shape index (κ3) is 3.95. The summed E-state index contributed by atoms with van der Waals surface area (Å²) in [4.78, 5) is 13.2. The summed E-state index contributed by atoms with van der Waals surface area (Å²) in [6.45, 7) is 1.74. The van der Waals surface area contributed by atoms with Crippen molar-refractivity contribution in [1.29, 1.82) is 0 Å². The number of primary sulfonamides is 1. The minimum absolute atomic E-state index is 0.00693. The van der Waals surface area contributed by atoms with Crippen LogP contribution in [0.3, 0.4) is 0 Å². The Bertz CT molecular complexity index is 994. The zero-order valence-electron chi connectivity index (χ0n) is 13.2. The van der Waals surface area contributed by atoms with Gasteiger partial charge in [0, 0.05) is 6.07 Å². The maximum Gasteiger partial charge on any atom is 0.273 e. The minimum Gasteiger partial charge on any atom is -0.355 e. The van der Waals surface area contributed by atoms with E-state index >= 15 is 0 Å². The number of rotatable bonds is 5. The molecule has 9 heteroatoms. The van der Waals surface area contributed by atoms with E-state index in [1.54, 1.807) is 25.1 Å². The molecule has 0 aliphatic heterocycles. The first-order valence-electron chi connectivity index (χ1n) is 7.29. The molecule has 130 valence electrons. The Morgan fingerprint density at radius 1 is 1.28 bits per heavy atom. The summed E-state index contributed by atoms with van der Waals surface area (Å²) in [6, 6.07) is 11.0. The highest BCUT2D eigenvalue weighted by molar-refractivity contribution is 7.89. The summed E-state index contributed by atoms with van der Waals surface area (Å²) in [7, 11) is -3.80. The summed E-state index contributed by atoms with van der Waals surface area (Å²) in [5.74, 6) is 0.101. The molecule has 0 aliphatic carbocycles. The normalized spacial score (nSPS) is 12.7. The lowest BCUT2D eigenvalue weighted by molar-refractivity contribution is 0.0931. The molecule has 0 radical (unpaired) electrons. The minimum atomic E-state index is -3.80. The van der Waals surface area contributed by atoms with E-state index in [0.717, 1.165) is 4.88 Å². The molecule has 3 rings (SSSR count). The first kappa shape index (κ1) is 17.3. The van der Waals surface area contributed by atoms with Gasteiger partial charge >= 0.3 is 0 Å². The summed E-state index contributed by atoms with van der Waals surface area (Å²) >= 11 is 1.48. The van der Waals surface area contributed by atoms with E-state index in [0.29, 0.717) is 11.3 Å². The number of nitrogens with one attached hydrogen (secondary N) is 1. The number of hydrogen-bond acceptors (Lipinski definition) is 6. The highest BCUT2D eigenvalue weighted by Gasteiger charge is 2.18. The maximum absolute atomic E-state index is 12.3. The lowest BCUT2D eigenvalue weighted by Gasteiger charge is -2.14. The Hall–Kier alpha value is -2.49. The van der Waals surface area contributed by atoms with Gasteiger partial charge in [0.05, 0.1) is 15.8 Å². The van der Waals surface area contributed by atoms with Crippen LogP contribution in [0.1, 0.15) is 29.0 Å². The van der Waals surface area contributed by atoms with Crippen molar-refractivity contribution < 1.29 is 17.7 Å². The molecule has 0 saturated heterocycles. The van der Waals surface area contributed by atoms with Crippen LogP contribution in [0.5, 0.6) is 0 Å². The molecule has 0 aliphatic rings. The van der Waals surface area contributed by atoms with E-state index in [2.05, 4.69) is 10.5 Å². The van der Waals surface area contributed by atoms with E-state index in [1.807, 2.05) is 17.5 Å². The lowest BCUT2D eigenvalue weighted by Crippen LogP contribution is -2.27. The average molecular weight is 377 g/mol. The number of sulfonamides is 1. The summed E-state index contributed by atoms with van der Waals surface area (Å²) < 4.78 is 28.1. The number of carbonyl (C=O) groups excluding carboxylic acids is 1. The van der Waals surface area contributed by atoms with Crippen molar-refractivity contribution in [2.75, 3.05) is 0 Å². The van der Waals surface area contributed by atoms with Crippen LogP contribution in [-0.4, -0.2) is 19.5 Å². The van der Waals surface area contributed by atoms with Gasteiger partial charge in [0.15, 0.2) is 11.5 Å². The first-order valence-corrected chi connectivity index (χ1v) is 9.71. The van der Waals surface area contributed by atoms with E-state index in [9.17, 15) is 13.2 Å². The number of amides is 1. The van der Waals surface area contributed by atoms with Gasteiger partial charge in [-0.3, -0.25) is 4.79 Å². The molecule has 2 aromatic heterocycles. The Kier molecular flexibility index (Phi) is 4.71. The molecule has 0 fully saturated rings. The molecule has 3 N–H and O–H groups in total. The van der Waals surface area contributed by atoms with Gasteiger partial charge in [-0.15, -0.1) is 11.3 Å². The number of benzene rings is 1. The number of carbonyl (C=O) groups is 1. The van der Waals surface area contributed by atoms with Crippen LogP contribution in [0.25, 0.3) is 10.6 Å². The number of aromatic nitrogens is 1. The lowest BCUT2D eigenvalue weighted by atomic mass is 10.1. The molecule has 25 heavy (non-hydrogen) atoms. The van der Waals surface area contributed by atoms with Crippen molar-refractivity contribution >= 4 is 27.3 Å². The Labute approximate surface area is 148 Å². The quantitative estimate of drug-likeness (QED) is 0.709. The van der Waals surface area contributed by atoms with Crippen molar-refractivity contribution in [3.05, 3.63) is 59.1 Å². The van der Waals surface area contributed by atoms with Crippen molar-refractivity contribution in [2.45, 2.75) is 17.9 Å². The van der Waals surface area contributed by atoms with Crippen LogP contribution in [0.4, 0.5) is 0 Å². The molecule has 0 bridgehead atoms. The number of nitrogens with two attached hydrogens (primary N) is 1. The van der Waals surface area contributed by atoms with Gasteiger partial charge in [0.25, 0.3) is 5.91 Å². The molecule has 2 heterocycles. The van der Waals surface area contributed by atoms with Gasteiger partial charge in [-0.05, 0) is 36.1 Å². The van der Waals surface area contributed by atoms with Crippen LogP contribution < -0.4 is 10.5 Å². The third-order valence-corrected chi connectivity index (χ3v) is 5.34. The Morgan fingerprint density at radius 2 is 2.08 bits per heavy atom. The van der Waals surface area contributed by atoms with E-state index in [-0.39, 0.29) is 10.6 Å². The second-order valence-corrected chi connectivity index (χ2v) is 7.88. The van der Waals surface area contributed by atoms with Crippen LogP contribution in [0.2, 0.25) is 0 Å². The molecule has 0 spiro atoms. The van der Waals surface area contributed by atoms with Crippen molar-refractivity contribution in [3.63, 3.8) is 0 Å². The van der Waals surface area contributed by atoms with Crippen molar-refractivity contribution in [2.24, 2.45) is 5.14 Å². The molecular weight excluding hydrogens is 362 g/mol. The topological polar surface area (TPSA) is 115 Å². The summed E-state index contributed by atoms with van der Waals surface area (Å²) in [5.41, 5.74) is 0.764. The summed E-state index contributed by atoms with van der Waals surface area (Å²) in [5, 5.41) is 13.6. The summed E-state index contributed by atoms with van der Waals surface area (Å²) in [6.07, 6.45) is 0. The SMILES string of the molecule is CC(NC(=O)c1cc(-c2cccs2)on1)c1cccc(S(N)(=O)=O)c1. The Morgan fingerprint density at radius 3 is 2.76 bits per heavy atom. The molecule has 1 amide bonds. The van der Waals surface area contributed by atoms with Gasteiger partial charge in [-0.2, -0.15) is 0 Å². The van der Waals surface area contributed by atoms with Crippen molar-refractivity contribution in [3.8, 4) is 10.6 Å². The predicted octanol–water partition coefficient (Wildman–Crippen LogP) is 2.54. The standard InChI is InChI=1S/C16H15N3O4S2/c1-10(11-4-2-5-12(8-11)25(17,21)22)18-16(20)13-9-14(23-19-13)15-6-3-7-24-15/h2-10H,1H3,(H,18,20)(H2,17,21,22). The van der Waals surface area contributed by atoms with Crippen LogP contribution in [-0.2, 0) is 10.0 Å². The van der Waals surface area contributed by atoms with E-state index in [4.69, 9.17) is 9.66 Å². The number of hydrogen-bond donors (Lipinski definition) is 2. The van der Waals surface area contributed by atoms with Crippen LogP contribution >= 0.6 is 11.3 Å². The fourth-order valence-electron chi connectivity index (χ4n) is 2.23. The van der Waals surface area contributed by atoms with Gasteiger partial charge in [0.1, 0.15) is 0 Å². The van der Waals surface area contributed by atoms with Crippen molar-refractivity contribution in [1.82, 2.24) is 10.5 Å². The fraction of sp³-hybridized carbons (Fsp3) is 0.125. The van der Waals surface area contributed by atoms with Gasteiger partial charge in [0.2, 0.25) is 10.0 Å². The monoisotopic (exact) mass is 377 g/mol.